The van der Waals surface area contributed by atoms with Gasteiger partial charge in [-0.05, 0) is 50.6 Å². The van der Waals surface area contributed by atoms with Crippen LogP contribution >= 0.6 is 11.8 Å². The Bertz CT molecular complexity index is 1280. The molecule has 8 heteroatoms. The zero-order valence-corrected chi connectivity index (χ0v) is 19.2. The van der Waals surface area contributed by atoms with Crippen molar-refractivity contribution in [2.24, 2.45) is 0 Å². The third kappa shape index (κ3) is 3.93. The Morgan fingerprint density at radius 1 is 1.10 bits per heavy atom. The van der Waals surface area contributed by atoms with Crippen LogP contribution in [-0.2, 0) is 11.3 Å². The largest absolute Gasteiger partial charge is 0.497 e. The van der Waals surface area contributed by atoms with Crippen molar-refractivity contribution in [3.63, 3.8) is 0 Å². The molecular weight excluding hydrogens is 412 g/mol. The van der Waals surface area contributed by atoms with Gasteiger partial charge in [-0.2, -0.15) is 0 Å². The first-order valence-electron chi connectivity index (χ1n) is 10.1. The molecule has 0 fully saturated rings. The van der Waals surface area contributed by atoms with Crippen LogP contribution in [0.4, 0.5) is 0 Å². The Kier molecular flexibility index (Phi) is 6.02. The summed E-state index contributed by atoms with van der Waals surface area (Å²) >= 11 is 1.40. The number of carbonyl (C=O) groups excluding carboxylic acids is 1. The average molecular weight is 439 g/mol. The molecule has 7 nitrogen and oxygen atoms in total. The Labute approximate surface area is 185 Å². The quantitative estimate of drug-likeness (QED) is 0.303. The van der Waals surface area contributed by atoms with Gasteiger partial charge in [-0.15, -0.1) is 10.2 Å². The van der Waals surface area contributed by atoms with Gasteiger partial charge in [0.25, 0.3) is 0 Å². The van der Waals surface area contributed by atoms with Gasteiger partial charge in [-0.3, -0.25) is 9.20 Å². The zero-order chi connectivity index (χ0) is 22.1. The molecule has 0 N–H and O–H groups in total. The van der Waals surface area contributed by atoms with Crippen molar-refractivity contribution in [3.05, 3.63) is 52.8 Å². The number of aryl methyl sites for hydroxylation is 2. The lowest BCUT2D eigenvalue weighted by Crippen LogP contribution is -2.10. The number of rotatable bonds is 8. The van der Waals surface area contributed by atoms with Crippen LogP contribution in [0.5, 0.6) is 5.75 Å². The first kappa shape index (κ1) is 21.4. The number of hydrogen-bond donors (Lipinski definition) is 0. The van der Waals surface area contributed by atoms with Crippen LogP contribution in [0, 0.1) is 20.8 Å². The minimum atomic E-state index is 0.0764. The van der Waals surface area contributed by atoms with E-state index in [4.69, 9.17) is 9.47 Å². The summed E-state index contributed by atoms with van der Waals surface area (Å²) in [6.45, 7) is 7.40. The van der Waals surface area contributed by atoms with Gasteiger partial charge < -0.3 is 14.0 Å². The lowest BCUT2D eigenvalue weighted by Gasteiger charge is -2.09. The molecule has 0 bridgehead atoms. The minimum absolute atomic E-state index is 0.0764. The van der Waals surface area contributed by atoms with E-state index in [-0.39, 0.29) is 11.5 Å². The number of hydrogen-bond acceptors (Lipinski definition) is 6. The topological polar surface area (TPSA) is 70.7 Å². The standard InChI is InChI=1S/C23H26N4O3S/c1-14-10-22-24-25-23(27(22)20-12-17(30-5)6-7-18(14)20)31-13-21(28)19-11-15(2)26(16(19)3)8-9-29-4/h6-7,10-12H,8-9,13H2,1-5H3. The van der Waals surface area contributed by atoms with Crippen molar-refractivity contribution >= 4 is 34.1 Å². The van der Waals surface area contributed by atoms with Gasteiger partial charge in [-0.25, -0.2) is 0 Å². The van der Waals surface area contributed by atoms with E-state index in [0.29, 0.717) is 11.8 Å². The smallest absolute Gasteiger partial charge is 0.196 e. The SMILES string of the molecule is COCCn1c(C)cc(C(=O)CSc2nnc3cc(C)c4ccc(OC)cc4n23)c1C. The summed E-state index contributed by atoms with van der Waals surface area (Å²) in [5.74, 6) is 1.13. The van der Waals surface area contributed by atoms with E-state index in [1.54, 1.807) is 14.2 Å². The molecule has 0 aliphatic heterocycles. The minimum Gasteiger partial charge on any atom is -0.497 e. The molecular formula is C23H26N4O3S. The number of benzene rings is 1. The van der Waals surface area contributed by atoms with Crippen molar-refractivity contribution in [1.29, 1.82) is 0 Å². The van der Waals surface area contributed by atoms with Crippen LogP contribution in [0.15, 0.2) is 35.5 Å². The molecule has 0 atom stereocenters. The zero-order valence-electron chi connectivity index (χ0n) is 18.4. The maximum atomic E-state index is 13.0. The van der Waals surface area contributed by atoms with Gasteiger partial charge in [0.1, 0.15) is 5.75 Å². The molecule has 0 aliphatic rings. The van der Waals surface area contributed by atoms with Gasteiger partial charge in [0.05, 0.1) is 25.0 Å². The number of ether oxygens (including phenoxy) is 2. The normalized spacial score (nSPS) is 11.5. The fourth-order valence-corrected chi connectivity index (χ4v) is 4.78. The predicted molar refractivity (Wildman–Crippen MR) is 123 cm³/mol. The number of Topliss-reactive ketones (excluding diaryl/α,β-unsaturated/α-hetero) is 1. The van der Waals surface area contributed by atoms with Crippen molar-refractivity contribution in [3.8, 4) is 5.75 Å². The second kappa shape index (κ2) is 8.72. The number of thioether (sulfide) groups is 1. The van der Waals surface area contributed by atoms with E-state index < -0.39 is 0 Å². The van der Waals surface area contributed by atoms with E-state index in [9.17, 15) is 4.79 Å². The molecule has 0 unspecified atom stereocenters. The second-order valence-electron chi connectivity index (χ2n) is 7.53. The van der Waals surface area contributed by atoms with E-state index >= 15 is 0 Å². The molecule has 4 rings (SSSR count). The van der Waals surface area contributed by atoms with Crippen LogP contribution in [-0.4, -0.2) is 51.5 Å². The molecule has 0 spiro atoms. The van der Waals surface area contributed by atoms with Gasteiger partial charge in [0.15, 0.2) is 16.6 Å². The summed E-state index contributed by atoms with van der Waals surface area (Å²) < 4.78 is 14.7. The van der Waals surface area contributed by atoms with E-state index in [0.717, 1.165) is 51.4 Å². The highest BCUT2D eigenvalue weighted by atomic mass is 32.2. The van der Waals surface area contributed by atoms with Crippen LogP contribution in [0.25, 0.3) is 16.6 Å². The second-order valence-corrected chi connectivity index (χ2v) is 8.47. The maximum Gasteiger partial charge on any atom is 0.196 e. The van der Waals surface area contributed by atoms with Crippen LogP contribution in [0.2, 0.25) is 0 Å². The molecule has 1 aromatic carbocycles. The molecule has 0 aliphatic carbocycles. The first-order chi connectivity index (χ1) is 14.9. The van der Waals surface area contributed by atoms with Gasteiger partial charge in [0, 0.05) is 42.1 Å². The van der Waals surface area contributed by atoms with Crippen molar-refractivity contribution < 1.29 is 14.3 Å². The number of ketones is 1. The molecule has 31 heavy (non-hydrogen) atoms. The first-order valence-corrected chi connectivity index (χ1v) is 11.1. The molecule has 0 saturated carbocycles. The Balaban J connectivity index is 1.64. The van der Waals surface area contributed by atoms with Crippen molar-refractivity contribution in [2.75, 3.05) is 26.6 Å². The summed E-state index contributed by atoms with van der Waals surface area (Å²) in [5.41, 5.74) is 5.62. The molecule has 3 aromatic heterocycles. The predicted octanol–water partition coefficient (Wildman–Crippen LogP) is 4.24. The number of fused-ring (bicyclic) bond motifs is 3. The highest BCUT2D eigenvalue weighted by molar-refractivity contribution is 7.99. The third-order valence-electron chi connectivity index (χ3n) is 5.60. The number of carbonyl (C=O) groups is 1. The number of aromatic nitrogens is 4. The monoisotopic (exact) mass is 438 g/mol. The maximum absolute atomic E-state index is 13.0. The Morgan fingerprint density at radius 3 is 2.65 bits per heavy atom. The fourth-order valence-electron chi connectivity index (χ4n) is 3.94. The summed E-state index contributed by atoms with van der Waals surface area (Å²) in [6, 6.07) is 9.93. The highest BCUT2D eigenvalue weighted by Gasteiger charge is 2.18. The number of nitrogens with zero attached hydrogens (tertiary/aromatic N) is 4. The molecule has 162 valence electrons. The van der Waals surface area contributed by atoms with E-state index in [2.05, 4.69) is 21.7 Å². The van der Waals surface area contributed by atoms with Gasteiger partial charge >= 0.3 is 0 Å². The summed E-state index contributed by atoms with van der Waals surface area (Å²) in [6.07, 6.45) is 0. The number of pyridine rings is 1. The van der Waals surface area contributed by atoms with Crippen molar-refractivity contribution in [1.82, 2.24) is 19.2 Å². The van der Waals surface area contributed by atoms with Crippen molar-refractivity contribution in [2.45, 2.75) is 32.5 Å². The lowest BCUT2D eigenvalue weighted by atomic mass is 10.1. The lowest BCUT2D eigenvalue weighted by molar-refractivity contribution is 0.102. The third-order valence-corrected chi connectivity index (χ3v) is 6.53. The van der Waals surface area contributed by atoms with E-state index in [1.807, 2.05) is 48.6 Å². The Hall–Kier alpha value is -2.84. The van der Waals surface area contributed by atoms with Crippen LogP contribution < -0.4 is 4.74 Å². The van der Waals surface area contributed by atoms with Crippen LogP contribution in [0.1, 0.15) is 27.3 Å². The highest BCUT2D eigenvalue weighted by Crippen LogP contribution is 2.29. The number of methoxy groups -OCH3 is 2. The molecule has 4 aromatic rings. The summed E-state index contributed by atoms with van der Waals surface area (Å²) in [5, 5.41) is 10.5. The fraction of sp³-hybridized carbons (Fsp3) is 0.348. The van der Waals surface area contributed by atoms with Crippen LogP contribution in [0.3, 0.4) is 0 Å². The summed E-state index contributed by atoms with van der Waals surface area (Å²) in [4.78, 5) is 13.0. The van der Waals surface area contributed by atoms with Gasteiger partial charge in [0.2, 0.25) is 0 Å². The van der Waals surface area contributed by atoms with E-state index in [1.165, 1.54) is 11.8 Å². The molecule has 3 heterocycles. The summed E-state index contributed by atoms with van der Waals surface area (Å²) in [7, 11) is 3.33. The van der Waals surface area contributed by atoms with Gasteiger partial charge in [-0.1, -0.05) is 11.8 Å². The average Bonchev–Trinajstić information content (AvgIpc) is 3.30. The molecule has 0 saturated heterocycles. The molecule has 0 amide bonds. The molecule has 0 radical (unpaired) electrons. The Morgan fingerprint density at radius 2 is 1.90 bits per heavy atom.